The van der Waals surface area contributed by atoms with Crippen LogP contribution < -0.4 is 16.0 Å². The predicted octanol–water partition coefficient (Wildman–Crippen LogP) is 1.18. The fraction of sp³-hybridized carbons (Fsp3) is 0.222. The zero-order valence-electron chi connectivity index (χ0n) is 7.41. The van der Waals surface area contributed by atoms with E-state index in [1.54, 1.807) is 18.2 Å². The Morgan fingerprint density at radius 3 is 2.92 bits per heavy atom. The van der Waals surface area contributed by atoms with E-state index in [0.717, 1.165) is 6.29 Å². The number of benzene rings is 1. The largest absolute Gasteiger partial charge is 0.492 e. The molecular formula is C9H12N2O2. The van der Waals surface area contributed by atoms with Gasteiger partial charge < -0.3 is 10.2 Å². The molecule has 70 valence electrons. The van der Waals surface area contributed by atoms with Crippen LogP contribution in [-0.4, -0.2) is 12.9 Å². The third-order valence-corrected chi connectivity index (χ3v) is 1.60. The lowest BCUT2D eigenvalue weighted by Gasteiger charge is -2.09. The molecule has 0 aliphatic carbocycles. The van der Waals surface area contributed by atoms with Crippen LogP contribution >= 0.6 is 0 Å². The van der Waals surface area contributed by atoms with E-state index >= 15 is 0 Å². The molecule has 0 amide bonds. The Bertz CT molecular complexity index is 300. The molecule has 1 rings (SSSR count). The van der Waals surface area contributed by atoms with Crippen molar-refractivity contribution >= 4 is 12.0 Å². The topological polar surface area (TPSA) is 64.3 Å². The average molecular weight is 180 g/mol. The molecule has 0 saturated heterocycles. The van der Waals surface area contributed by atoms with E-state index in [9.17, 15) is 4.79 Å². The Kier molecular flexibility index (Phi) is 3.28. The lowest BCUT2D eigenvalue weighted by molar-refractivity contribution is 0.112. The molecule has 0 atom stereocenters. The maximum Gasteiger partial charge on any atom is 0.150 e. The molecule has 4 nitrogen and oxygen atoms in total. The van der Waals surface area contributed by atoms with Gasteiger partial charge in [-0.15, -0.1) is 0 Å². The number of anilines is 1. The van der Waals surface area contributed by atoms with Gasteiger partial charge in [0.15, 0.2) is 0 Å². The highest BCUT2D eigenvalue weighted by atomic mass is 16.5. The average Bonchev–Trinajstić information content (AvgIpc) is 2.19. The minimum Gasteiger partial charge on any atom is -0.492 e. The van der Waals surface area contributed by atoms with E-state index in [1.807, 2.05) is 6.92 Å². The molecule has 0 spiro atoms. The Balaban J connectivity index is 3.00. The first-order chi connectivity index (χ1) is 6.31. The Morgan fingerprint density at radius 1 is 1.62 bits per heavy atom. The van der Waals surface area contributed by atoms with Crippen molar-refractivity contribution in [1.82, 2.24) is 0 Å². The number of carbonyl (C=O) groups excluding carboxylic acids is 1. The summed E-state index contributed by atoms with van der Waals surface area (Å²) in [5.41, 5.74) is 3.65. The summed E-state index contributed by atoms with van der Waals surface area (Å²) < 4.78 is 5.27. The summed E-state index contributed by atoms with van der Waals surface area (Å²) in [5.74, 6) is 5.91. The molecule has 13 heavy (non-hydrogen) atoms. The van der Waals surface area contributed by atoms with Gasteiger partial charge in [0.05, 0.1) is 12.3 Å². The molecule has 0 aliphatic heterocycles. The fourth-order valence-corrected chi connectivity index (χ4v) is 1.02. The van der Waals surface area contributed by atoms with E-state index in [2.05, 4.69) is 5.43 Å². The standard InChI is InChI=1S/C9H12N2O2/c1-2-13-9-4-3-7(6-12)5-8(9)11-10/h3-6,11H,2,10H2,1H3. The number of aldehydes is 1. The van der Waals surface area contributed by atoms with Crippen molar-refractivity contribution in [1.29, 1.82) is 0 Å². The second kappa shape index (κ2) is 4.47. The summed E-state index contributed by atoms with van der Waals surface area (Å²) in [4.78, 5) is 10.4. The maximum atomic E-state index is 10.4. The number of nitrogens with two attached hydrogens (primary N) is 1. The zero-order chi connectivity index (χ0) is 9.68. The van der Waals surface area contributed by atoms with Crippen molar-refractivity contribution in [2.75, 3.05) is 12.0 Å². The van der Waals surface area contributed by atoms with Gasteiger partial charge in [-0.3, -0.25) is 10.6 Å². The monoisotopic (exact) mass is 180 g/mol. The van der Waals surface area contributed by atoms with Gasteiger partial charge in [-0.25, -0.2) is 0 Å². The molecule has 0 radical (unpaired) electrons. The third-order valence-electron chi connectivity index (χ3n) is 1.60. The normalized spacial score (nSPS) is 9.38. The SMILES string of the molecule is CCOc1ccc(C=O)cc1NN. The van der Waals surface area contributed by atoms with Crippen LogP contribution in [0.3, 0.4) is 0 Å². The summed E-state index contributed by atoms with van der Waals surface area (Å²) in [6.07, 6.45) is 0.760. The number of nitrogen functional groups attached to an aromatic ring is 1. The quantitative estimate of drug-likeness (QED) is 0.415. The van der Waals surface area contributed by atoms with E-state index in [-0.39, 0.29) is 0 Å². The molecule has 1 aromatic carbocycles. The molecule has 1 aromatic rings. The molecular weight excluding hydrogens is 168 g/mol. The van der Waals surface area contributed by atoms with Gasteiger partial charge in [-0.05, 0) is 25.1 Å². The third kappa shape index (κ3) is 2.19. The molecule has 0 aliphatic rings. The second-order valence-corrected chi connectivity index (χ2v) is 2.45. The van der Waals surface area contributed by atoms with Gasteiger partial charge in [-0.2, -0.15) is 0 Å². The van der Waals surface area contributed by atoms with Crippen LogP contribution in [0.5, 0.6) is 5.75 Å². The first-order valence-corrected chi connectivity index (χ1v) is 4.00. The minimum atomic E-state index is 0.565. The van der Waals surface area contributed by atoms with Gasteiger partial charge in [0.1, 0.15) is 12.0 Å². The van der Waals surface area contributed by atoms with Crippen molar-refractivity contribution in [3.05, 3.63) is 23.8 Å². The van der Waals surface area contributed by atoms with Crippen LogP contribution in [0.25, 0.3) is 0 Å². The van der Waals surface area contributed by atoms with Crippen LogP contribution in [0.4, 0.5) is 5.69 Å². The zero-order valence-corrected chi connectivity index (χ0v) is 7.41. The van der Waals surface area contributed by atoms with Crippen LogP contribution in [0.2, 0.25) is 0 Å². The molecule has 0 bridgehead atoms. The highest BCUT2D eigenvalue weighted by Crippen LogP contribution is 2.23. The van der Waals surface area contributed by atoms with Gasteiger partial charge in [-0.1, -0.05) is 0 Å². The predicted molar refractivity (Wildman–Crippen MR) is 50.8 cm³/mol. The Hall–Kier alpha value is -1.55. The van der Waals surface area contributed by atoms with Gasteiger partial charge in [0.25, 0.3) is 0 Å². The number of ether oxygens (including phenoxy) is 1. The molecule has 0 fully saturated rings. The van der Waals surface area contributed by atoms with Crippen LogP contribution in [-0.2, 0) is 0 Å². The smallest absolute Gasteiger partial charge is 0.150 e. The fourth-order valence-electron chi connectivity index (χ4n) is 1.02. The number of nitrogens with one attached hydrogen (secondary N) is 1. The van der Waals surface area contributed by atoms with Crippen LogP contribution in [0.15, 0.2) is 18.2 Å². The summed E-state index contributed by atoms with van der Waals surface area (Å²) in [6.45, 7) is 2.45. The van der Waals surface area contributed by atoms with Crippen molar-refractivity contribution in [3.63, 3.8) is 0 Å². The lowest BCUT2D eigenvalue weighted by atomic mass is 10.2. The van der Waals surface area contributed by atoms with Crippen molar-refractivity contribution in [3.8, 4) is 5.75 Å². The van der Waals surface area contributed by atoms with Crippen LogP contribution in [0.1, 0.15) is 17.3 Å². The van der Waals surface area contributed by atoms with E-state index in [0.29, 0.717) is 23.6 Å². The molecule has 0 unspecified atom stereocenters. The molecule has 0 aromatic heterocycles. The summed E-state index contributed by atoms with van der Waals surface area (Å²) >= 11 is 0. The highest BCUT2D eigenvalue weighted by molar-refractivity contribution is 5.78. The van der Waals surface area contributed by atoms with Crippen molar-refractivity contribution in [2.24, 2.45) is 5.84 Å². The van der Waals surface area contributed by atoms with Crippen molar-refractivity contribution in [2.45, 2.75) is 6.92 Å². The maximum absolute atomic E-state index is 10.4. The van der Waals surface area contributed by atoms with Crippen LogP contribution in [0, 0.1) is 0 Å². The Labute approximate surface area is 76.7 Å². The van der Waals surface area contributed by atoms with E-state index < -0.39 is 0 Å². The number of hydrogen-bond donors (Lipinski definition) is 2. The molecule has 0 saturated carbocycles. The summed E-state index contributed by atoms with van der Waals surface area (Å²) in [7, 11) is 0. The van der Waals surface area contributed by atoms with Gasteiger partial charge in [0.2, 0.25) is 0 Å². The number of hydrogen-bond acceptors (Lipinski definition) is 4. The minimum absolute atomic E-state index is 0.565. The highest BCUT2D eigenvalue weighted by Gasteiger charge is 2.02. The van der Waals surface area contributed by atoms with E-state index in [4.69, 9.17) is 10.6 Å². The summed E-state index contributed by atoms with van der Waals surface area (Å²) in [5, 5.41) is 0. The van der Waals surface area contributed by atoms with E-state index in [1.165, 1.54) is 0 Å². The second-order valence-electron chi connectivity index (χ2n) is 2.45. The molecule has 4 heteroatoms. The number of hydrazine groups is 1. The number of carbonyl (C=O) groups is 1. The first-order valence-electron chi connectivity index (χ1n) is 4.00. The summed E-state index contributed by atoms with van der Waals surface area (Å²) in [6, 6.07) is 5.03. The number of rotatable bonds is 4. The lowest BCUT2D eigenvalue weighted by Crippen LogP contribution is -2.09. The van der Waals surface area contributed by atoms with Gasteiger partial charge >= 0.3 is 0 Å². The van der Waals surface area contributed by atoms with Crippen molar-refractivity contribution < 1.29 is 9.53 Å². The first kappa shape index (κ1) is 9.54. The van der Waals surface area contributed by atoms with Gasteiger partial charge in [0, 0.05) is 5.56 Å². The molecule has 0 heterocycles. The molecule has 3 N–H and O–H groups in total. The Morgan fingerprint density at radius 2 is 2.38 bits per heavy atom.